The second-order valence-electron chi connectivity index (χ2n) is 3.78. The third kappa shape index (κ3) is 2.36. The van der Waals surface area contributed by atoms with Crippen LogP contribution in [0.2, 0.25) is 4.34 Å². The van der Waals surface area contributed by atoms with E-state index in [1.165, 1.54) is 11.3 Å². The van der Waals surface area contributed by atoms with Crippen molar-refractivity contribution < 1.29 is 14.7 Å². The molecule has 0 unspecified atom stereocenters. The molecule has 6 heteroatoms. The van der Waals surface area contributed by atoms with Crippen molar-refractivity contribution in [1.82, 2.24) is 5.32 Å². The number of aliphatic carboxylic acids is 1. The summed E-state index contributed by atoms with van der Waals surface area (Å²) >= 11 is 6.93. The second-order valence-corrected chi connectivity index (χ2v) is 5.50. The van der Waals surface area contributed by atoms with Gasteiger partial charge in [-0.1, -0.05) is 11.6 Å². The van der Waals surface area contributed by atoms with E-state index < -0.39 is 5.97 Å². The molecule has 1 fully saturated rings. The molecule has 1 aromatic rings. The molecule has 0 aliphatic heterocycles. The lowest BCUT2D eigenvalue weighted by Gasteiger charge is -2.32. The highest BCUT2D eigenvalue weighted by Crippen LogP contribution is 2.28. The maximum absolute atomic E-state index is 11.6. The minimum atomic E-state index is -0.787. The lowest BCUT2D eigenvalue weighted by Crippen LogP contribution is -2.46. The lowest BCUT2D eigenvalue weighted by molar-refractivity contribution is -0.145. The summed E-state index contributed by atoms with van der Waals surface area (Å²) in [4.78, 5) is 22.7. The summed E-state index contributed by atoms with van der Waals surface area (Å²) in [7, 11) is 0. The fourth-order valence-corrected chi connectivity index (χ4v) is 2.58. The van der Waals surface area contributed by atoms with Crippen molar-refractivity contribution in [3.8, 4) is 0 Å². The van der Waals surface area contributed by atoms with Crippen LogP contribution in [0.1, 0.15) is 22.5 Å². The molecular weight excluding hydrogens is 250 g/mol. The largest absolute Gasteiger partial charge is 0.481 e. The number of carbonyl (C=O) groups excluding carboxylic acids is 1. The topological polar surface area (TPSA) is 66.4 Å². The van der Waals surface area contributed by atoms with E-state index in [0.29, 0.717) is 22.1 Å². The molecular formula is C10H10ClNO3S. The van der Waals surface area contributed by atoms with Gasteiger partial charge in [0.1, 0.15) is 0 Å². The van der Waals surface area contributed by atoms with Crippen molar-refractivity contribution in [2.24, 2.45) is 5.92 Å². The smallest absolute Gasteiger partial charge is 0.306 e. The molecule has 0 spiro atoms. The van der Waals surface area contributed by atoms with Crippen molar-refractivity contribution in [3.05, 3.63) is 21.3 Å². The van der Waals surface area contributed by atoms with Crippen LogP contribution in [-0.2, 0) is 4.79 Å². The van der Waals surface area contributed by atoms with Crippen LogP contribution in [0.3, 0.4) is 0 Å². The van der Waals surface area contributed by atoms with Crippen LogP contribution in [0, 0.1) is 5.92 Å². The standard InChI is InChI=1S/C10H10ClNO3S/c11-8-2-1-7(16-8)9(13)12-6-3-5(4-6)10(14)15/h1-2,5-6H,3-4H2,(H,12,13)(H,14,15). The normalized spacial score (nSPS) is 23.6. The Morgan fingerprint density at radius 3 is 2.62 bits per heavy atom. The van der Waals surface area contributed by atoms with Crippen LogP contribution >= 0.6 is 22.9 Å². The molecule has 86 valence electrons. The molecule has 0 saturated heterocycles. The Morgan fingerprint density at radius 1 is 1.44 bits per heavy atom. The molecule has 1 aliphatic carbocycles. The van der Waals surface area contributed by atoms with Gasteiger partial charge in [-0.25, -0.2) is 0 Å². The number of carboxylic acids is 1. The number of carboxylic acid groups (broad SMARTS) is 1. The number of nitrogens with one attached hydrogen (secondary N) is 1. The zero-order valence-electron chi connectivity index (χ0n) is 8.27. The molecule has 0 bridgehead atoms. The monoisotopic (exact) mass is 259 g/mol. The van der Waals surface area contributed by atoms with Gasteiger partial charge in [0, 0.05) is 6.04 Å². The van der Waals surface area contributed by atoms with Crippen molar-refractivity contribution in [3.63, 3.8) is 0 Å². The van der Waals surface area contributed by atoms with E-state index in [1.807, 2.05) is 0 Å². The van der Waals surface area contributed by atoms with Crippen molar-refractivity contribution in [2.75, 3.05) is 0 Å². The molecule has 0 atom stereocenters. The molecule has 0 radical (unpaired) electrons. The Hall–Kier alpha value is -1.07. The Balaban J connectivity index is 1.84. The summed E-state index contributed by atoms with van der Waals surface area (Å²) in [6.07, 6.45) is 1.03. The SMILES string of the molecule is O=C(NC1CC(C(=O)O)C1)c1ccc(Cl)s1. The van der Waals surface area contributed by atoms with E-state index in [9.17, 15) is 9.59 Å². The Labute approximate surface area is 101 Å². The highest BCUT2D eigenvalue weighted by Gasteiger charge is 2.35. The van der Waals surface area contributed by atoms with E-state index in [-0.39, 0.29) is 17.9 Å². The minimum Gasteiger partial charge on any atom is -0.481 e. The molecule has 4 nitrogen and oxygen atoms in total. The lowest BCUT2D eigenvalue weighted by atomic mass is 9.80. The summed E-state index contributed by atoms with van der Waals surface area (Å²) in [5, 5.41) is 11.5. The van der Waals surface area contributed by atoms with Gasteiger partial charge in [0.15, 0.2) is 0 Å². The number of halogens is 1. The highest BCUT2D eigenvalue weighted by atomic mass is 35.5. The van der Waals surface area contributed by atoms with Gasteiger partial charge in [0.25, 0.3) is 5.91 Å². The Morgan fingerprint density at radius 2 is 2.12 bits per heavy atom. The van der Waals surface area contributed by atoms with Crippen LogP contribution in [0.4, 0.5) is 0 Å². The number of carbonyl (C=O) groups is 2. The van der Waals surface area contributed by atoms with Crippen molar-refractivity contribution in [2.45, 2.75) is 18.9 Å². The number of hydrogen-bond acceptors (Lipinski definition) is 3. The fourth-order valence-electron chi connectivity index (χ4n) is 1.63. The molecule has 1 heterocycles. The molecule has 2 N–H and O–H groups in total. The molecule has 1 amide bonds. The van der Waals surface area contributed by atoms with E-state index in [0.717, 1.165) is 0 Å². The predicted octanol–water partition coefficient (Wildman–Crippen LogP) is 1.99. The predicted molar refractivity (Wildman–Crippen MR) is 60.9 cm³/mol. The maximum Gasteiger partial charge on any atom is 0.306 e. The van der Waals surface area contributed by atoms with Crippen molar-refractivity contribution >= 4 is 34.8 Å². The average molecular weight is 260 g/mol. The Kier molecular flexibility index (Phi) is 3.16. The summed E-state index contributed by atoms with van der Waals surface area (Å²) in [5.41, 5.74) is 0. The van der Waals surface area contributed by atoms with Gasteiger partial charge < -0.3 is 10.4 Å². The minimum absolute atomic E-state index is 0.0190. The van der Waals surface area contributed by atoms with Gasteiger partial charge in [-0.15, -0.1) is 11.3 Å². The molecule has 2 rings (SSSR count). The van der Waals surface area contributed by atoms with Crippen LogP contribution in [-0.4, -0.2) is 23.0 Å². The van der Waals surface area contributed by atoms with Gasteiger partial charge in [0.05, 0.1) is 15.1 Å². The fraction of sp³-hybridized carbons (Fsp3) is 0.400. The first-order valence-corrected chi connectivity index (χ1v) is 6.04. The first-order valence-electron chi connectivity index (χ1n) is 4.85. The molecule has 1 aromatic heterocycles. The van der Waals surface area contributed by atoms with Gasteiger partial charge in [-0.05, 0) is 25.0 Å². The number of hydrogen-bond donors (Lipinski definition) is 2. The van der Waals surface area contributed by atoms with E-state index in [4.69, 9.17) is 16.7 Å². The third-order valence-electron chi connectivity index (χ3n) is 2.62. The van der Waals surface area contributed by atoms with Gasteiger partial charge in [0.2, 0.25) is 0 Å². The molecule has 16 heavy (non-hydrogen) atoms. The van der Waals surface area contributed by atoms with Gasteiger partial charge >= 0.3 is 5.97 Å². The number of amides is 1. The van der Waals surface area contributed by atoms with Crippen molar-refractivity contribution in [1.29, 1.82) is 0 Å². The van der Waals surface area contributed by atoms with Gasteiger partial charge in [-0.3, -0.25) is 9.59 Å². The van der Waals surface area contributed by atoms with Crippen LogP contribution < -0.4 is 5.32 Å². The average Bonchev–Trinajstić information content (AvgIpc) is 2.56. The first kappa shape index (κ1) is 11.4. The number of rotatable bonds is 3. The Bertz CT molecular complexity index is 425. The zero-order chi connectivity index (χ0) is 11.7. The van der Waals surface area contributed by atoms with E-state index in [2.05, 4.69) is 5.32 Å². The van der Waals surface area contributed by atoms with Gasteiger partial charge in [-0.2, -0.15) is 0 Å². The van der Waals surface area contributed by atoms with Crippen LogP contribution in [0.25, 0.3) is 0 Å². The quantitative estimate of drug-likeness (QED) is 0.872. The van der Waals surface area contributed by atoms with Crippen LogP contribution in [0.15, 0.2) is 12.1 Å². The summed E-state index contributed by atoms with van der Waals surface area (Å²) in [6.45, 7) is 0. The maximum atomic E-state index is 11.6. The van der Waals surface area contributed by atoms with Crippen LogP contribution in [0.5, 0.6) is 0 Å². The zero-order valence-corrected chi connectivity index (χ0v) is 9.85. The third-order valence-corrected chi connectivity index (χ3v) is 3.85. The molecule has 0 aromatic carbocycles. The molecule has 1 aliphatic rings. The second kappa shape index (κ2) is 4.43. The number of thiophene rings is 1. The highest BCUT2D eigenvalue weighted by molar-refractivity contribution is 7.17. The summed E-state index contributed by atoms with van der Waals surface area (Å²) in [5.74, 6) is -1.27. The molecule has 1 saturated carbocycles. The van der Waals surface area contributed by atoms with E-state index in [1.54, 1.807) is 12.1 Å². The summed E-state index contributed by atoms with van der Waals surface area (Å²) < 4.78 is 0.571. The summed E-state index contributed by atoms with van der Waals surface area (Å²) in [6, 6.07) is 3.31. The van der Waals surface area contributed by atoms with E-state index >= 15 is 0 Å². The first-order chi connectivity index (χ1) is 7.56.